The number of allylic oxidation sites excluding steroid dienone is 2. The summed E-state index contributed by atoms with van der Waals surface area (Å²) in [6.45, 7) is 7.30. The minimum absolute atomic E-state index is 0.652. The number of pyridine rings is 1. The lowest BCUT2D eigenvalue weighted by molar-refractivity contribution is -0.644. The molecule has 0 spiro atoms. The summed E-state index contributed by atoms with van der Waals surface area (Å²) in [5.74, 6) is 0.815. The topological polar surface area (TPSA) is 35.2 Å². The summed E-state index contributed by atoms with van der Waals surface area (Å²) in [6, 6.07) is 2.04. The summed E-state index contributed by atoms with van der Waals surface area (Å²) >= 11 is 1.70. The SMILES string of the molecule is CCOC=C(C)C=Cc1sc2cc(OCC)cnc2[n+]1C. The van der Waals surface area contributed by atoms with Crippen molar-refractivity contribution in [2.75, 3.05) is 13.2 Å². The monoisotopic (exact) mass is 305 g/mol. The second-order valence-corrected chi connectivity index (χ2v) is 5.64. The van der Waals surface area contributed by atoms with Gasteiger partial charge in [-0.1, -0.05) is 17.4 Å². The van der Waals surface area contributed by atoms with Gasteiger partial charge in [-0.25, -0.2) is 4.57 Å². The van der Waals surface area contributed by atoms with E-state index in [2.05, 4.69) is 15.6 Å². The fourth-order valence-corrected chi connectivity index (χ4v) is 2.92. The third-order valence-electron chi connectivity index (χ3n) is 2.91. The van der Waals surface area contributed by atoms with E-state index in [-0.39, 0.29) is 0 Å². The highest BCUT2D eigenvalue weighted by Crippen LogP contribution is 2.23. The first-order chi connectivity index (χ1) is 10.2. The normalized spacial score (nSPS) is 12.3. The molecule has 0 saturated heterocycles. The molecular weight excluding hydrogens is 284 g/mol. The van der Waals surface area contributed by atoms with Crippen LogP contribution in [0, 0.1) is 0 Å². The van der Waals surface area contributed by atoms with Gasteiger partial charge in [0.25, 0.3) is 0 Å². The van der Waals surface area contributed by atoms with Gasteiger partial charge in [0.15, 0.2) is 17.0 Å². The number of ether oxygens (including phenoxy) is 2. The molecule has 2 aromatic rings. The molecule has 0 aliphatic rings. The molecule has 112 valence electrons. The van der Waals surface area contributed by atoms with Gasteiger partial charge in [0.2, 0.25) is 0 Å². The summed E-state index contributed by atoms with van der Waals surface area (Å²) in [7, 11) is 2.02. The van der Waals surface area contributed by atoms with Crippen LogP contribution in [0.25, 0.3) is 16.4 Å². The minimum Gasteiger partial charge on any atom is -0.501 e. The van der Waals surface area contributed by atoms with Crippen LogP contribution >= 0.6 is 11.3 Å². The van der Waals surface area contributed by atoms with E-state index in [4.69, 9.17) is 9.47 Å². The molecule has 0 unspecified atom stereocenters. The van der Waals surface area contributed by atoms with Crippen LogP contribution in [0.4, 0.5) is 0 Å². The van der Waals surface area contributed by atoms with Gasteiger partial charge in [0.1, 0.15) is 4.70 Å². The molecule has 2 rings (SSSR count). The average Bonchev–Trinajstić information content (AvgIpc) is 2.79. The molecule has 2 heterocycles. The molecule has 0 aliphatic heterocycles. The van der Waals surface area contributed by atoms with Crippen molar-refractivity contribution in [2.45, 2.75) is 20.8 Å². The van der Waals surface area contributed by atoms with Gasteiger partial charge in [-0.3, -0.25) is 0 Å². The van der Waals surface area contributed by atoms with E-state index in [1.807, 2.05) is 40.0 Å². The molecule has 4 nitrogen and oxygen atoms in total. The van der Waals surface area contributed by atoms with Crippen molar-refractivity contribution < 1.29 is 14.0 Å². The van der Waals surface area contributed by atoms with E-state index < -0.39 is 0 Å². The van der Waals surface area contributed by atoms with E-state index in [0.717, 1.165) is 26.7 Å². The smallest absolute Gasteiger partial charge is 0.341 e. The third kappa shape index (κ3) is 3.82. The van der Waals surface area contributed by atoms with Crippen LogP contribution in [0.2, 0.25) is 0 Å². The molecule has 0 saturated carbocycles. The molecule has 0 bridgehead atoms. The first-order valence-corrected chi connectivity index (χ1v) is 7.85. The number of rotatable bonds is 6. The van der Waals surface area contributed by atoms with Gasteiger partial charge in [0, 0.05) is 6.07 Å². The number of aryl methyl sites for hydroxylation is 1. The Bertz CT molecular complexity index is 674. The quantitative estimate of drug-likeness (QED) is 0.466. The second-order valence-electron chi connectivity index (χ2n) is 4.58. The fraction of sp³-hybridized carbons (Fsp3) is 0.375. The van der Waals surface area contributed by atoms with Gasteiger partial charge < -0.3 is 9.47 Å². The Morgan fingerprint density at radius 1 is 1.38 bits per heavy atom. The van der Waals surface area contributed by atoms with Crippen molar-refractivity contribution in [3.05, 3.63) is 35.2 Å². The van der Waals surface area contributed by atoms with Crippen LogP contribution in [0.15, 0.2) is 30.2 Å². The minimum atomic E-state index is 0.652. The third-order valence-corrected chi connectivity index (χ3v) is 4.05. The molecule has 5 heteroatoms. The van der Waals surface area contributed by atoms with Crippen LogP contribution in [0.3, 0.4) is 0 Å². The molecule has 0 atom stereocenters. The van der Waals surface area contributed by atoms with Gasteiger partial charge in [-0.2, -0.15) is 0 Å². The Kier molecular flexibility index (Phi) is 5.33. The van der Waals surface area contributed by atoms with Crippen molar-refractivity contribution in [1.82, 2.24) is 4.98 Å². The molecule has 0 fully saturated rings. The number of hydrogen-bond acceptors (Lipinski definition) is 4. The maximum Gasteiger partial charge on any atom is 0.341 e. The first-order valence-electron chi connectivity index (χ1n) is 7.03. The highest BCUT2D eigenvalue weighted by molar-refractivity contribution is 7.18. The zero-order valence-corrected chi connectivity index (χ0v) is 13.7. The van der Waals surface area contributed by atoms with E-state index in [0.29, 0.717) is 13.2 Å². The van der Waals surface area contributed by atoms with Crippen molar-refractivity contribution in [3.8, 4) is 5.75 Å². The van der Waals surface area contributed by atoms with Crippen LogP contribution in [-0.2, 0) is 11.8 Å². The Morgan fingerprint density at radius 2 is 2.19 bits per heavy atom. The Hall–Kier alpha value is -1.88. The molecule has 0 radical (unpaired) electrons. The highest BCUT2D eigenvalue weighted by Gasteiger charge is 2.15. The van der Waals surface area contributed by atoms with Crippen LogP contribution in [0.5, 0.6) is 5.75 Å². The largest absolute Gasteiger partial charge is 0.501 e. The zero-order chi connectivity index (χ0) is 15.2. The Morgan fingerprint density at radius 3 is 2.90 bits per heavy atom. The molecular formula is C16H21N2O2S+. The van der Waals surface area contributed by atoms with Crippen LogP contribution < -0.4 is 9.30 Å². The standard InChI is InChI=1S/C16H21N2O2S/c1-5-19-11-12(3)7-8-15-18(4)16-14(21-15)9-13(10-17-16)20-6-2/h7-11H,5-6H2,1-4H3/q+1. The number of thiazole rings is 1. The lowest BCUT2D eigenvalue weighted by atomic mass is 10.3. The molecule has 0 N–H and O–H groups in total. The number of nitrogens with zero attached hydrogens (tertiary/aromatic N) is 2. The van der Waals surface area contributed by atoms with E-state index in [1.165, 1.54) is 0 Å². The summed E-state index contributed by atoms with van der Waals surface area (Å²) in [4.78, 5) is 4.47. The lowest BCUT2D eigenvalue weighted by Crippen LogP contribution is -2.29. The predicted molar refractivity (Wildman–Crippen MR) is 86.4 cm³/mol. The lowest BCUT2D eigenvalue weighted by Gasteiger charge is -1.97. The predicted octanol–water partition coefficient (Wildman–Crippen LogP) is 3.47. The van der Waals surface area contributed by atoms with Crippen LogP contribution in [0.1, 0.15) is 25.8 Å². The second kappa shape index (κ2) is 7.22. The van der Waals surface area contributed by atoms with Gasteiger partial charge in [-0.05, 0) is 37.4 Å². The zero-order valence-electron chi connectivity index (χ0n) is 12.9. The fourth-order valence-electron chi connectivity index (χ4n) is 1.88. The maximum atomic E-state index is 5.50. The highest BCUT2D eigenvalue weighted by atomic mass is 32.1. The van der Waals surface area contributed by atoms with Gasteiger partial charge in [-0.15, -0.1) is 0 Å². The molecule has 0 amide bonds. The molecule has 0 aromatic carbocycles. The van der Waals surface area contributed by atoms with Gasteiger partial charge in [0.05, 0.1) is 26.5 Å². The Labute approximate surface area is 129 Å². The summed E-state index contributed by atoms with van der Waals surface area (Å²) in [5, 5.41) is 1.13. The van der Waals surface area contributed by atoms with E-state index in [1.54, 1.807) is 23.8 Å². The number of aromatic nitrogens is 2. The number of fused-ring (bicyclic) bond motifs is 1. The maximum absolute atomic E-state index is 5.50. The number of hydrogen-bond donors (Lipinski definition) is 0. The van der Waals surface area contributed by atoms with E-state index >= 15 is 0 Å². The first kappa shape index (κ1) is 15.5. The molecule has 21 heavy (non-hydrogen) atoms. The van der Waals surface area contributed by atoms with Crippen molar-refractivity contribution in [2.24, 2.45) is 7.05 Å². The van der Waals surface area contributed by atoms with Gasteiger partial charge >= 0.3 is 5.65 Å². The molecule has 0 aliphatic carbocycles. The molecule has 2 aromatic heterocycles. The van der Waals surface area contributed by atoms with Crippen LogP contribution in [-0.4, -0.2) is 18.2 Å². The van der Waals surface area contributed by atoms with Crippen molar-refractivity contribution >= 4 is 27.8 Å². The van der Waals surface area contributed by atoms with Crippen molar-refractivity contribution in [1.29, 1.82) is 0 Å². The van der Waals surface area contributed by atoms with E-state index in [9.17, 15) is 0 Å². The Balaban J connectivity index is 2.28. The average molecular weight is 305 g/mol. The van der Waals surface area contributed by atoms with Crippen molar-refractivity contribution in [3.63, 3.8) is 0 Å². The summed E-state index contributed by atoms with van der Waals surface area (Å²) < 4.78 is 14.0. The summed E-state index contributed by atoms with van der Waals surface area (Å²) in [6.07, 6.45) is 7.67. The summed E-state index contributed by atoms with van der Waals surface area (Å²) in [5.41, 5.74) is 2.05.